The summed E-state index contributed by atoms with van der Waals surface area (Å²) in [7, 11) is 1.64. The van der Waals surface area contributed by atoms with Crippen molar-refractivity contribution in [3.63, 3.8) is 0 Å². The number of amidine groups is 1. The van der Waals surface area contributed by atoms with E-state index in [-0.39, 0.29) is 11.9 Å². The SMILES string of the molecule is COCCN(c1nnccc1/C(N)=N/O)C(C)C. The van der Waals surface area contributed by atoms with Crippen molar-refractivity contribution in [2.24, 2.45) is 10.9 Å². The number of ether oxygens (including phenoxy) is 1. The number of oxime groups is 1. The first-order chi connectivity index (χ1) is 8.61. The lowest BCUT2D eigenvalue weighted by Crippen LogP contribution is -2.36. The van der Waals surface area contributed by atoms with Gasteiger partial charge in [-0.05, 0) is 19.9 Å². The molecule has 0 amide bonds. The molecule has 0 aliphatic carbocycles. The van der Waals surface area contributed by atoms with E-state index >= 15 is 0 Å². The molecule has 3 N–H and O–H groups in total. The van der Waals surface area contributed by atoms with Gasteiger partial charge in [-0.15, -0.1) is 5.10 Å². The molecule has 0 atom stereocenters. The molecule has 0 radical (unpaired) electrons. The predicted molar refractivity (Wildman–Crippen MR) is 68.9 cm³/mol. The van der Waals surface area contributed by atoms with Crippen LogP contribution in [0.3, 0.4) is 0 Å². The van der Waals surface area contributed by atoms with Crippen LogP contribution in [0.1, 0.15) is 19.4 Å². The van der Waals surface area contributed by atoms with Crippen LogP contribution in [0.25, 0.3) is 0 Å². The molecular weight excluding hydrogens is 234 g/mol. The quantitative estimate of drug-likeness (QED) is 0.330. The normalized spacial score (nSPS) is 11.9. The Bertz CT molecular complexity index is 408. The largest absolute Gasteiger partial charge is 0.409 e. The van der Waals surface area contributed by atoms with E-state index in [4.69, 9.17) is 15.7 Å². The first kappa shape index (κ1) is 14.2. The average molecular weight is 253 g/mol. The monoisotopic (exact) mass is 253 g/mol. The van der Waals surface area contributed by atoms with Crippen LogP contribution >= 0.6 is 0 Å². The number of hydrogen-bond acceptors (Lipinski definition) is 6. The molecule has 0 saturated carbocycles. The summed E-state index contributed by atoms with van der Waals surface area (Å²) in [5, 5.41) is 19.7. The van der Waals surface area contributed by atoms with Crippen LogP contribution in [0.2, 0.25) is 0 Å². The maximum atomic E-state index is 8.78. The third-order valence-corrected chi connectivity index (χ3v) is 2.52. The summed E-state index contributed by atoms with van der Waals surface area (Å²) in [4.78, 5) is 1.99. The zero-order chi connectivity index (χ0) is 13.5. The number of aromatic nitrogens is 2. The van der Waals surface area contributed by atoms with Crippen LogP contribution in [0.5, 0.6) is 0 Å². The highest BCUT2D eigenvalue weighted by Gasteiger charge is 2.18. The highest BCUT2D eigenvalue weighted by Crippen LogP contribution is 2.18. The van der Waals surface area contributed by atoms with Crippen molar-refractivity contribution in [3.05, 3.63) is 17.8 Å². The van der Waals surface area contributed by atoms with E-state index in [2.05, 4.69) is 15.4 Å². The number of rotatable bonds is 6. The van der Waals surface area contributed by atoms with Gasteiger partial charge in [-0.25, -0.2) is 0 Å². The Morgan fingerprint density at radius 2 is 2.33 bits per heavy atom. The second-order valence-corrected chi connectivity index (χ2v) is 4.03. The summed E-state index contributed by atoms with van der Waals surface area (Å²) in [6.07, 6.45) is 1.51. The molecule has 18 heavy (non-hydrogen) atoms. The molecule has 0 aliphatic heterocycles. The minimum Gasteiger partial charge on any atom is -0.409 e. The molecular formula is C11H19N5O2. The van der Waals surface area contributed by atoms with Crippen molar-refractivity contribution in [3.8, 4) is 0 Å². The molecule has 1 aromatic heterocycles. The van der Waals surface area contributed by atoms with Gasteiger partial charge in [0.15, 0.2) is 11.7 Å². The molecule has 1 rings (SSSR count). The van der Waals surface area contributed by atoms with Gasteiger partial charge in [0, 0.05) is 19.7 Å². The van der Waals surface area contributed by atoms with Gasteiger partial charge in [0.25, 0.3) is 0 Å². The summed E-state index contributed by atoms with van der Waals surface area (Å²) in [6.45, 7) is 5.27. The average Bonchev–Trinajstić information content (AvgIpc) is 2.38. The van der Waals surface area contributed by atoms with Crippen LogP contribution in [0, 0.1) is 0 Å². The van der Waals surface area contributed by atoms with Crippen molar-refractivity contribution in [1.82, 2.24) is 10.2 Å². The number of nitrogens with two attached hydrogens (primary N) is 1. The standard InChI is InChI=1S/C11H19N5O2/c1-8(2)16(6-7-18-3)11-9(10(12)15-17)4-5-13-14-11/h4-5,8,17H,6-7H2,1-3H3,(H2,12,15). The second-order valence-electron chi connectivity index (χ2n) is 4.03. The molecule has 0 fully saturated rings. The lowest BCUT2D eigenvalue weighted by atomic mass is 10.2. The number of hydrogen-bond donors (Lipinski definition) is 2. The zero-order valence-corrected chi connectivity index (χ0v) is 10.9. The van der Waals surface area contributed by atoms with Crippen molar-refractivity contribution in [1.29, 1.82) is 0 Å². The molecule has 0 unspecified atom stereocenters. The molecule has 0 bridgehead atoms. The highest BCUT2D eigenvalue weighted by atomic mass is 16.5. The Morgan fingerprint density at radius 3 is 2.89 bits per heavy atom. The van der Waals surface area contributed by atoms with Crippen molar-refractivity contribution in [2.45, 2.75) is 19.9 Å². The first-order valence-electron chi connectivity index (χ1n) is 5.67. The molecule has 1 aromatic rings. The van der Waals surface area contributed by atoms with E-state index in [1.807, 2.05) is 18.7 Å². The van der Waals surface area contributed by atoms with E-state index < -0.39 is 0 Å². The number of nitrogens with zero attached hydrogens (tertiary/aromatic N) is 4. The van der Waals surface area contributed by atoms with Gasteiger partial charge in [-0.3, -0.25) is 0 Å². The molecule has 0 aromatic carbocycles. The Balaban J connectivity index is 3.11. The van der Waals surface area contributed by atoms with E-state index in [1.165, 1.54) is 6.20 Å². The van der Waals surface area contributed by atoms with Gasteiger partial charge in [-0.2, -0.15) is 5.10 Å². The Hall–Kier alpha value is -1.89. The third kappa shape index (κ3) is 3.30. The van der Waals surface area contributed by atoms with Gasteiger partial charge in [0.05, 0.1) is 18.4 Å². The molecule has 100 valence electrons. The van der Waals surface area contributed by atoms with Crippen LogP contribution in [-0.2, 0) is 4.74 Å². The van der Waals surface area contributed by atoms with Gasteiger partial charge < -0.3 is 20.6 Å². The zero-order valence-electron chi connectivity index (χ0n) is 10.9. The van der Waals surface area contributed by atoms with Crippen LogP contribution in [0.15, 0.2) is 17.4 Å². The fourth-order valence-corrected chi connectivity index (χ4v) is 1.59. The summed E-state index contributed by atoms with van der Waals surface area (Å²) in [5.41, 5.74) is 6.19. The van der Waals surface area contributed by atoms with Crippen molar-refractivity contribution in [2.75, 3.05) is 25.2 Å². The smallest absolute Gasteiger partial charge is 0.173 e. The van der Waals surface area contributed by atoms with Gasteiger partial charge >= 0.3 is 0 Å². The molecule has 7 heteroatoms. The fraction of sp³-hybridized carbons (Fsp3) is 0.545. The highest BCUT2D eigenvalue weighted by molar-refractivity contribution is 6.01. The van der Waals surface area contributed by atoms with E-state index in [9.17, 15) is 0 Å². The van der Waals surface area contributed by atoms with Crippen molar-refractivity contribution >= 4 is 11.7 Å². The topological polar surface area (TPSA) is 96.9 Å². The molecule has 7 nitrogen and oxygen atoms in total. The summed E-state index contributed by atoms with van der Waals surface area (Å²) in [6, 6.07) is 1.86. The Morgan fingerprint density at radius 1 is 1.61 bits per heavy atom. The molecule has 0 aliphatic rings. The van der Waals surface area contributed by atoms with E-state index in [0.717, 1.165) is 0 Å². The molecule has 0 saturated heterocycles. The van der Waals surface area contributed by atoms with Gasteiger partial charge in [0.1, 0.15) is 0 Å². The van der Waals surface area contributed by atoms with Crippen LogP contribution in [0.4, 0.5) is 5.82 Å². The van der Waals surface area contributed by atoms with E-state index in [1.54, 1.807) is 13.2 Å². The number of anilines is 1. The first-order valence-corrected chi connectivity index (χ1v) is 5.67. The Kier molecular flexibility index (Phi) is 5.31. The maximum absolute atomic E-state index is 8.78. The van der Waals surface area contributed by atoms with Crippen molar-refractivity contribution < 1.29 is 9.94 Å². The van der Waals surface area contributed by atoms with Crippen LogP contribution in [-0.4, -0.2) is 47.5 Å². The predicted octanol–water partition coefficient (Wildman–Crippen LogP) is 0.432. The molecule has 1 heterocycles. The fourth-order valence-electron chi connectivity index (χ4n) is 1.59. The maximum Gasteiger partial charge on any atom is 0.173 e. The van der Waals surface area contributed by atoms with Crippen LogP contribution < -0.4 is 10.6 Å². The second kappa shape index (κ2) is 6.75. The number of methoxy groups -OCH3 is 1. The van der Waals surface area contributed by atoms with E-state index in [0.29, 0.717) is 24.5 Å². The summed E-state index contributed by atoms with van der Waals surface area (Å²) < 4.78 is 5.07. The lowest BCUT2D eigenvalue weighted by Gasteiger charge is -2.28. The minimum atomic E-state index is 0.0166. The van der Waals surface area contributed by atoms with Gasteiger partial charge in [0.2, 0.25) is 0 Å². The summed E-state index contributed by atoms with van der Waals surface area (Å²) in [5.74, 6) is 0.600. The molecule has 0 spiro atoms. The summed E-state index contributed by atoms with van der Waals surface area (Å²) >= 11 is 0. The minimum absolute atomic E-state index is 0.0166. The Labute approximate surface area is 106 Å². The lowest BCUT2D eigenvalue weighted by molar-refractivity contribution is 0.203. The third-order valence-electron chi connectivity index (χ3n) is 2.52. The van der Waals surface area contributed by atoms with Gasteiger partial charge in [-0.1, -0.05) is 5.16 Å².